The molecule has 0 N–H and O–H groups in total. The number of rotatable bonds is 3. The average molecular weight is 334 g/mol. The van der Waals surface area contributed by atoms with Crippen LogP contribution in [0.3, 0.4) is 0 Å². The molecule has 20 heavy (non-hydrogen) atoms. The Balaban J connectivity index is 2.01. The van der Waals surface area contributed by atoms with Gasteiger partial charge in [-0.3, -0.25) is 0 Å². The third-order valence-electron chi connectivity index (χ3n) is 4.35. The van der Waals surface area contributed by atoms with E-state index in [9.17, 15) is 0 Å². The number of hydrogen-bond acceptors (Lipinski definition) is 2. The van der Waals surface area contributed by atoms with E-state index in [1.165, 1.54) is 37.7 Å². The van der Waals surface area contributed by atoms with Crippen molar-refractivity contribution in [2.75, 3.05) is 0 Å². The van der Waals surface area contributed by atoms with Crippen LogP contribution in [0.4, 0.5) is 0 Å². The van der Waals surface area contributed by atoms with E-state index in [0.717, 1.165) is 10.3 Å². The van der Waals surface area contributed by atoms with Gasteiger partial charge in [0.05, 0.1) is 0 Å². The van der Waals surface area contributed by atoms with Gasteiger partial charge in [-0.15, -0.1) is 10.2 Å². The second kappa shape index (κ2) is 6.08. The summed E-state index contributed by atoms with van der Waals surface area (Å²) in [5, 5.41) is 8.48. The summed E-state index contributed by atoms with van der Waals surface area (Å²) >= 11 is 3.59. The molecule has 0 bridgehead atoms. The van der Waals surface area contributed by atoms with E-state index in [2.05, 4.69) is 55.0 Å². The summed E-state index contributed by atoms with van der Waals surface area (Å²) < 4.78 is 3.21. The number of halogens is 1. The quantitative estimate of drug-likeness (QED) is 0.838. The minimum absolute atomic E-state index is 0.361. The summed E-state index contributed by atoms with van der Waals surface area (Å²) in [5.74, 6) is 2.14. The lowest BCUT2D eigenvalue weighted by Crippen LogP contribution is -2.20. The number of benzene rings is 1. The highest BCUT2D eigenvalue weighted by molar-refractivity contribution is 9.10. The second-order valence-electron chi connectivity index (χ2n) is 5.73. The van der Waals surface area contributed by atoms with Gasteiger partial charge in [-0.25, -0.2) is 0 Å². The Bertz CT molecular complexity index is 573. The van der Waals surface area contributed by atoms with E-state index < -0.39 is 0 Å². The van der Waals surface area contributed by atoms with Crippen LogP contribution in [0.2, 0.25) is 0 Å². The van der Waals surface area contributed by atoms with Crippen molar-refractivity contribution >= 4 is 15.9 Å². The molecular formula is C16H20BrN3. The zero-order chi connectivity index (χ0) is 13.9. The summed E-state index contributed by atoms with van der Waals surface area (Å²) in [7, 11) is 2.04. The van der Waals surface area contributed by atoms with Crippen molar-refractivity contribution in [2.45, 2.75) is 38.0 Å². The Kier molecular flexibility index (Phi) is 4.20. The topological polar surface area (TPSA) is 30.7 Å². The molecule has 1 saturated carbocycles. The molecule has 2 aromatic rings. The molecule has 1 atom stereocenters. The first-order valence-corrected chi connectivity index (χ1v) is 8.14. The van der Waals surface area contributed by atoms with Crippen LogP contribution in [-0.4, -0.2) is 14.8 Å². The summed E-state index contributed by atoms with van der Waals surface area (Å²) in [5.41, 5.74) is 1.35. The first-order chi connectivity index (χ1) is 9.75. The van der Waals surface area contributed by atoms with Crippen LogP contribution in [0.15, 0.2) is 35.1 Å². The molecule has 1 fully saturated rings. The highest BCUT2D eigenvalue weighted by atomic mass is 79.9. The molecule has 0 radical (unpaired) electrons. The predicted molar refractivity (Wildman–Crippen MR) is 83.6 cm³/mol. The maximum absolute atomic E-state index is 4.40. The van der Waals surface area contributed by atoms with Gasteiger partial charge in [-0.05, 0) is 36.5 Å². The van der Waals surface area contributed by atoms with Crippen molar-refractivity contribution in [3.8, 4) is 0 Å². The van der Waals surface area contributed by atoms with Gasteiger partial charge in [-0.2, -0.15) is 0 Å². The standard InChI is InChI=1S/C16H20BrN3/c1-20-11-18-19-16(20)15(12-6-3-2-4-7-12)13-8-5-9-14(17)10-13/h5,8-12,15H,2-4,6-7H2,1H3. The van der Waals surface area contributed by atoms with Crippen LogP contribution in [0.1, 0.15) is 49.4 Å². The molecule has 3 rings (SSSR count). The van der Waals surface area contributed by atoms with E-state index in [1.807, 2.05) is 13.4 Å². The average Bonchev–Trinajstić information content (AvgIpc) is 2.87. The van der Waals surface area contributed by atoms with E-state index in [4.69, 9.17) is 0 Å². The molecule has 106 valence electrons. The minimum atomic E-state index is 0.361. The zero-order valence-corrected chi connectivity index (χ0v) is 13.4. The van der Waals surface area contributed by atoms with Gasteiger partial charge in [0.1, 0.15) is 12.2 Å². The van der Waals surface area contributed by atoms with Gasteiger partial charge in [0.2, 0.25) is 0 Å². The van der Waals surface area contributed by atoms with Crippen LogP contribution >= 0.6 is 15.9 Å². The lowest BCUT2D eigenvalue weighted by Gasteiger charge is -2.30. The smallest absolute Gasteiger partial charge is 0.140 e. The van der Waals surface area contributed by atoms with E-state index in [1.54, 1.807) is 0 Å². The molecule has 1 aromatic carbocycles. The lowest BCUT2D eigenvalue weighted by molar-refractivity contribution is 0.317. The third kappa shape index (κ3) is 2.80. The van der Waals surface area contributed by atoms with E-state index in [0.29, 0.717) is 11.8 Å². The van der Waals surface area contributed by atoms with Gasteiger partial charge >= 0.3 is 0 Å². The minimum Gasteiger partial charge on any atom is -0.320 e. The maximum atomic E-state index is 4.40. The van der Waals surface area contributed by atoms with Crippen LogP contribution < -0.4 is 0 Å². The van der Waals surface area contributed by atoms with Crippen molar-refractivity contribution < 1.29 is 0 Å². The Hall–Kier alpha value is -1.16. The highest BCUT2D eigenvalue weighted by Crippen LogP contribution is 2.40. The van der Waals surface area contributed by atoms with Gasteiger partial charge < -0.3 is 4.57 Å². The highest BCUT2D eigenvalue weighted by Gasteiger charge is 2.29. The van der Waals surface area contributed by atoms with Crippen molar-refractivity contribution in [3.05, 3.63) is 46.5 Å². The lowest BCUT2D eigenvalue weighted by atomic mass is 9.76. The van der Waals surface area contributed by atoms with Gasteiger partial charge in [0.15, 0.2) is 0 Å². The number of hydrogen-bond donors (Lipinski definition) is 0. The first-order valence-electron chi connectivity index (χ1n) is 7.35. The van der Waals surface area contributed by atoms with Crippen LogP contribution in [0, 0.1) is 5.92 Å². The van der Waals surface area contributed by atoms with Crippen molar-refractivity contribution in [1.82, 2.24) is 14.8 Å². The number of nitrogens with zero attached hydrogens (tertiary/aromatic N) is 3. The van der Waals surface area contributed by atoms with Crippen molar-refractivity contribution in [1.29, 1.82) is 0 Å². The molecule has 3 nitrogen and oxygen atoms in total. The Morgan fingerprint density at radius 3 is 2.70 bits per heavy atom. The molecule has 1 aromatic heterocycles. The monoisotopic (exact) mass is 333 g/mol. The Morgan fingerprint density at radius 1 is 1.25 bits per heavy atom. The fourth-order valence-electron chi connectivity index (χ4n) is 3.37. The molecule has 0 saturated heterocycles. The SMILES string of the molecule is Cn1cnnc1C(c1cccc(Br)c1)C1CCCCC1. The molecule has 1 heterocycles. The van der Waals surface area contributed by atoms with Crippen LogP contribution in [-0.2, 0) is 7.05 Å². The number of aryl methyl sites for hydroxylation is 1. The van der Waals surface area contributed by atoms with Crippen molar-refractivity contribution in [2.24, 2.45) is 13.0 Å². The fraction of sp³-hybridized carbons (Fsp3) is 0.500. The summed E-state index contributed by atoms with van der Waals surface area (Å²) in [6.07, 6.45) is 8.46. The molecule has 1 unspecified atom stereocenters. The summed E-state index contributed by atoms with van der Waals surface area (Å²) in [4.78, 5) is 0. The third-order valence-corrected chi connectivity index (χ3v) is 4.85. The first kappa shape index (κ1) is 13.8. The van der Waals surface area contributed by atoms with Gasteiger partial charge in [0.25, 0.3) is 0 Å². The summed E-state index contributed by atoms with van der Waals surface area (Å²) in [6.45, 7) is 0. The molecule has 0 aliphatic heterocycles. The predicted octanol–water partition coefficient (Wildman–Crippen LogP) is 4.29. The van der Waals surface area contributed by atoms with Crippen molar-refractivity contribution in [3.63, 3.8) is 0 Å². The molecule has 0 amide bonds. The normalized spacial score (nSPS) is 18.1. The molecule has 0 spiro atoms. The summed E-state index contributed by atoms with van der Waals surface area (Å²) in [6, 6.07) is 8.65. The molecule has 1 aliphatic carbocycles. The second-order valence-corrected chi connectivity index (χ2v) is 6.65. The largest absolute Gasteiger partial charge is 0.320 e. The van der Waals surface area contributed by atoms with Gasteiger partial charge in [0, 0.05) is 17.4 Å². The van der Waals surface area contributed by atoms with E-state index >= 15 is 0 Å². The fourth-order valence-corrected chi connectivity index (χ4v) is 3.79. The maximum Gasteiger partial charge on any atom is 0.140 e. The van der Waals surface area contributed by atoms with Crippen LogP contribution in [0.25, 0.3) is 0 Å². The zero-order valence-electron chi connectivity index (χ0n) is 11.8. The number of aromatic nitrogens is 3. The van der Waals surface area contributed by atoms with E-state index in [-0.39, 0.29) is 0 Å². The Labute approximate surface area is 128 Å². The Morgan fingerprint density at radius 2 is 2.05 bits per heavy atom. The van der Waals surface area contributed by atoms with Crippen LogP contribution in [0.5, 0.6) is 0 Å². The molecular weight excluding hydrogens is 314 g/mol. The van der Waals surface area contributed by atoms with Gasteiger partial charge in [-0.1, -0.05) is 47.3 Å². The molecule has 4 heteroatoms. The molecule has 1 aliphatic rings.